The highest BCUT2D eigenvalue weighted by Gasteiger charge is 2.28. The van der Waals surface area contributed by atoms with Gasteiger partial charge in [0, 0.05) is 26.2 Å². The molecule has 1 saturated heterocycles. The van der Waals surface area contributed by atoms with Crippen molar-refractivity contribution in [1.82, 2.24) is 14.7 Å². The van der Waals surface area contributed by atoms with Crippen molar-refractivity contribution >= 4 is 18.1 Å². The number of aliphatic carboxylic acids is 1. The molecule has 1 N–H and O–H groups in total. The number of piperazine rings is 1. The number of carbonyl (C=O) groups is 3. The summed E-state index contributed by atoms with van der Waals surface area (Å²) in [6.45, 7) is 2.85. The molecule has 0 saturated carbocycles. The van der Waals surface area contributed by atoms with E-state index in [0.717, 1.165) is 4.90 Å². The molecule has 1 fully saturated rings. The van der Waals surface area contributed by atoms with Crippen LogP contribution in [0.4, 0.5) is 9.59 Å². The lowest BCUT2D eigenvalue weighted by atomic mass is 10.3. The smallest absolute Gasteiger partial charge is 0.409 e. The summed E-state index contributed by atoms with van der Waals surface area (Å²) in [5, 5.41) is 8.78. The van der Waals surface area contributed by atoms with Crippen molar-refractivity contribution in [1.29, 1.82) is 0 Å². The number of urea groups is 1. The molecule has 21 heavy (non-hydrogen) atoms. The Hall–Kier alpha value is -2.43. The van der Waals surface area contributed by atoms with Crippen molar-refractivity contribution < 1.29 is 24.2 Å². The van der Waals surface area contributed by atoms with Crippen molar-refractivity contribution in [3.05, 3.63) is 0 Å². The van der Waals surface area contributed by atoms with Gasteiger partial charge in [-0.1, -0.05) is 5.92 Å². The van der Waals surface area contributed by atoms with Crippen LogP contribution >= 0.6 is 0 Å². The minimum atomic E-state index is -1.12. The average molecular weight is 297 g/mol. The third-order valence-corrected chi connectivity index (χ3v) is 2.95. The molecule has 1 aliphatic rings. The lowest BCUT2D eigenvalue weighted by Gasteiger charge is -2.36. The van der Waals surface area contributed by atoms with Crippen molar-refractivity contribution in [3.8, 4) is 12.3 Å². The summed E-state index contributed by atoms with van der Waals surface area (Å²) in [4.78, 5) is 38.5. The standard InChI is InChI=1S/C13H19N3O5/c1-3-5-16(10-11(17)18)12(19)14-6-8-15(9-7-14)13(20)21-4-2/h1H,4-10H2,2H3,(H,17,18). The van der Waals surface area contributed by atoms with E-state index in [0.29, 0.717) is 32.8 Å². The minimum Gasteiger partial charge on any atom is -0.480 e. The number of hydrogen-bond acceptors (Lipinski definition) is 4. The lowest BCUT2D eigenvalue weighted by molar-refractivity contribution is -0.137. The SMILES string of the molecule is C#CCN(CC(=O)O)C(=O)N1CCN(C(=O)OCC)CC1. The maximum atomic E-state index is 12.2. The Morgan fingerprint density at radius 1 is 1.24 bits per heavy atom. The van der Waals surface area contributed by atoms with Gasteiger partial charge in [-0.2, -0.15) is 0 Å². The first kappa shape index (κ1) is 16.6. The number of carboxylic acids is 1. The van der Waals surface area contributed by atoms with Gasteiger partial charge in [0.25, 0.3) is 0 Å². The molecule has 0 aromatic rings. The second-order valence-corrected chi connectivity index (χ2v) is 4.41. The van der Waals surface area contributed by atoms with Crippen LogP contribution < -0.4 is 0 Å². The van der Waals surface area contributed by atoms with Gasteiger partial charge in [-0.05, 0) is 6.92 Å². The third-order valence-electron chi connectivity index (χ3n) is 2.95. The zero-order valence-electron chi connectivity index (χ0n) is 11.9. The van der Waals surface area contributed by atoms with Crippen LogP contribution in [0.15, 0.2) is 0 Å². The van der Waals surface area contributed by atoms with Crippen LogP contribution in [0.3, 0.4) is 0 Å². The molecule has 3 amide bonds. The summed E-state index contributed by atoms with van der Waals surface area (Å²) in [7, 11) is 0. The summed E-state index contributed by atoms with van der Waals surface area (Å²) in [6, 6.07) is -0.432. The van der Waals surface area contributed by atoms with Gasteiger partial charge in [0.15, 0.2) is 0 Å². The fourth-order valence-corrected chi connectivity index (χ4v) is 1.96. The maximum absolute atomic E-state index is 12.2. The topological polar surface area (TPSA) is 90.4 Å². The van der Waals surface area contributed by atoms with Crippen LogP contribution in [0, 0.1) is 12.3 Å². The molecule has 0 atom stereocenters. The van der Waals surface area contributed by atoms with Crippen molar-refractivity contribution in [2.45, 2.75) is 6.92 Å². The normalized spacial score (nSPS) is 14.3. The van der Waals surface area contributed by atoms with Crippen molar-refractivity contribution in [2.24, 2.45) is 0 Å². The van der Waals surface area contributed by atoms with Gasteiger partial charge in [0.05, 0.1) is 13.2 Å². The molecular weight excluding hydrogens is 278 g/mol. The zero-order chi connectivity index (χ0) is 15.8. The number of terminal acetylenes is 1. The van der Waals surface area contributed by atoms with Crippen LogP contribution in [-0.2, 0) is 9.53 Å². The molecule has 0 aliphatic carbocycles. The minimum absolute atomic E-state index is 0.0662. The Balaban J connectivity index is 2.55. The number of nitrogens with zero attached hydrogens (tertiary/aromatic N) is 3. The quantitative estimate of drug-likeness (QED) is 0.732. The molecule has 1 aliphatic heterocycles. The van der Waals surface area contributed by atoms with E-state index in [9.17, 15) is 14.4 Å². The Bertz CT molecular complexity index is 438. The monoisotopic (exact) mass is 297 g/mol. The Labute approximate surface area is 123 Å². The first-order chi connectivity index (χ1) is 9.99. The molecule has 0 radical (unpaired) electrons. The van der Waals surface area contributed by atoms with E-state index in [1.165, 1.54) is 9.80 Å². The van der Waals surface area contributed by atoms with Gasteiger partial charge < -0.3 is 24.5 Å². The van der Waals surface area contributed by atoms with Gasteiger partial charge in [-0.15, -0.1) is 6.42 Å². The summed E-state index contributed by atoms with van der Waals surface area (Å²) in [5.74, 6) is 1.15. The Kier molecular flexibility index (Phi) is 6.33. The number of amides is 3. The molecule has 0 aromatic heterocycles. The second kappa shape index (κ2) is 7.99. The number of ether oxygens (including phenoxy) is 1. The Morgan fingerprint density at radius 3 is 2.29 bits per heavy atom. The summed E-state index contributed by atoms with van der Waals surface area (Å²) < 4.78 is 4.88. The number of hydrogen-bond donors (Lipinski definition) is 1. The predicted molar refractivity (Wildman–Crippen MR) is 73.6 cm³/mol. The Morgan fingerprint density at radius 2 is 1.81 bits per heavy atom. The van der Waals surface area contributed by atoms with E-state index < -0.39 is 24.6 Å². The lowest BCUT2D eigenvalue weighted by Crippen LogP contribution is -2.54. The molecule has 0 unspecified atom stereocenters. The van der Waals surface area contributed by atoms with Crippen LogP contribution in [0.1, 0.15) is 6.92 Å². The molecule has 0 spiro atoms. The van der Waals surface area contributed by atoms with Crippen LogP contribution in [0.25, 0.3) is 0 Å². The van der Waals surface area contributed by atoms with Crippen molar-refractivity contribution in [3.63, 3.8) is 0 Å². The van der Waals surface area contributed by atoms with Crippen LogP contribution in [0.2, 0.25) is 0 Å². The maximum Gasteiger partial charge on any atom is 0.409 e. The van der Waals surface area contributed by atoms with Gasteiger partial charge in [0.2, 0.25) is 0 Å². The van der Waals surface area contributed by atoms with Gasteiger partial charge >= 0.3 is 18.1 Å². The number of carbonyl (C=O) groups excluding carboxylic acids is 2. The van der Waals surface area contributed by atoms with Crippen LogP contribution in [-0.4, -0.2) is 83.8 Å². The van der Waals surface area contributed by atoms with E-state index in [-0.39, 0.29) is 6.54 Å². The van der Waals surface area contributed by atoms with Crippen molar-refractivity contribution in [2.75, 3.05) is 45.9 Å². The molecule has 1 heterocycles. The van der Waals surface area contributed by atoms with E-state index in [4.69, 9.17) is 16.3 Å². The van der Waals surface area contributed by atoms with Gasteiger partial charge in [0.1, 0.15) is 6.54 Å². The molecule has 116 valence electrons. The molecular formula is C13H19N3O5. The van der Waals surface area contributed by atoms with Gasteiger partial charge in [-0.3, -0.25) is 4.79 Å². The molecule has 0 bridgehead atoms. The largest absolute Gasteiger partial charge is 0.480 e. The highest BCUT2D eigenvalue weighted by atomic mass is 16.6. The van der Waals surface area contributed by atoms with E-state index in [1.807, 2.05) is 0 Å². The number of carboxylic acid groups (broad SMARTS) is 1. The second-order valence-electron chi connectivity index (χ2n) is 4.41. The zero-order valence-corrected chi connectivity index (χ0v) is 11.9. The third kappa shape index (κ3) is 4.87. The van der Waals surface area contributed by atoms with Crippen LogP contribution in [0.5, 0.6) is 0 Å². The average Bonchev–Trinajstić information content (AvgIpc) is 2.46. The van der Waals surface area contributed by atoms with E-state index in [1.54, 1.807) is 6.92 Å². The predicted octanol–water partition coefficient (Wildman–Crippen LogP) is -0.0997. The fraction of sp³-hybridized carbons (Fsp3) is 0.615. The molecule has 0 aromatic carbocycles. The summed E-state index contributed by atoms with van der Waals surface area (Å²) in [5.41, 5.74) is 0. The van der Waals surface area contributed by atoms with E-state index >= 15 is 0 Å². The molecule has 8 heteroatoms. The summed E-state index contributed by atoms with van der Waals surface area (Å²) >= 11 is 0. The summed E-state index contributed by atoms with van der Waals surface area (Å²) in [6.07, 6.45) is 4.74. The first-order valence-electron chi connectivity index (χ1n) is 6.60. The highest BCUT2D eigenvalue weighted by molar-refractivity contribution is 5.80. The highest BCUT2D eigenvalue weighted by Crippen LogP contribution is 2.07. The fourth-order valence-electron chi connectivity index (χ4n) is 1.96. The van der Waals surface area contributed by atoms with Gasteiger partial charge in [-0.25, -0.2) is 9.59 Å². The first-order valence-corrected chi connectivity index (χ1v) is 6.60. The van der Waals surface area contributed by atoms with E-state index in [2.05, 4.69) is 5.92 Å². The molecule has 1 rings (SSSR count). The number of rotatable bonds is 4. The molecule has 8 nitrogen and oxygen atoms in total.